The molecule has 0 aromatic rings. The van der Waals surface area contributed by atoms with Crippen molar-refractivity contribution in [2.24, 2.45) is 0 Å². The monoisotopic (exact) mass is 286 g/mol. The maximum absolute atomic E-state index is 11.9. The third kappa shape index (κ3) is 5.36. The van der Waals surface area contributed by atoms with Crippen molar-refractivity contribution >= 4 is 12.0 Å². The van der Waals surface area contributed by atoms with Gasteiger partial charge in [-0.15, -0.1) is 0 Å². The van der Waals surface area contributed by atoms with Crippen LogP contribution in [0.2, 0.25) is 0 Å². The van der Waals surface area contributed by atoms with Crippen LogP contribution in [-0.2, 0) is 4.79 Å². The van der Waals surface area contributed by atoms with Crippen molar-refractivity contribution in [2.75, 3.05) is 13.1 Å². The number of carboxylic acids is 1. The van der Waals surface area contributed by atoms with Gasteiger partial charge in [-0.25, -0.2) is 9.59 Å². The Morgan fingerprint density at radius 3 is 2.50 bits per heavy atom. The average molecular weight is 286 g/mol. The molecule has 2 atom stereocenters. The van der Waals surface area contributed by atoms with E-state index in [4.69, 9.17) is 5.11 Å². The summed E-state index contributed by atoms with van der Waals surface area (Å²) in [6, 6.07) is -1.29. The number of hydrogen-bond donors (Lipinski definition) is 3. The summed E-state index contributed by atoms with van der Waals surface area (Å²) >= 11 is 0. The number of carbonyl (C=O) groups is 2. The molecule has 6 heteroatoms. The number of nitrogens with zero attached hydrogens (tertiary/aromatic N) is 1. The van der Waals surface area contributed by atoms with E-state index in [-0.39, 0.29) is 19.0 Å². The molecule has 1 unspecified atom stereocenters. The zero-order valence-corrected chi connectivity index (χ0v) is 12.2. The first-order valence-electron chi connectivity index (χ1n) is 7.51. The summed E-state index contributed by atoms with van der Waals surface area (Å²) in [5, 5.41) is 21.2. The number of carbonyl (C=O) groups excluding carboxylic acids is 1. The minimum absolute atomic E-state index is 0.0965. The topological polar surface area (TPSA) is 89.9 Å². The van der Waals surface area contributed by atoms with Gasteiger partial charge in [-0.2, -0.15) is 0 Å². The van der Waals surface area contributed by atoms with Crippen LogP contribution in [0.3, 0.4) is 0 Å². The van der Waals surface area contributed by atoms with Crippen molar-refractivity contribution < 1.29 is 19.8 Å². The lowest BCUT2D eigenvalue weighted by Crippen LogP contribution is -2.46. The number of aliphatic hydroxyl groups is 1. The minimum atomic E-state index is -1.06. The molecule has 1 heterocycles. The Kier molecular flexibility index (Phi) is 7.36. The second-order valence-electron chi connectivity index (χ2n) is 5.40. The first kappa shape index (κ1) is 16.8. The fourth-order valence-electron chi connectivity index (χ4n) is 2.47. The Labute approximate surface area is 120 Å². The Morgan fingerprint density at radius 1 is 1.20 bits per heavy atom. The van der Waals surface area contributed by atoms with Crippen LogP contribution in [0.4, 0.5) is 4.79 Å². The number of aliphatic hydroxyl groups excluding tert-OH is 1. The van der Waals surface area contributed by atoms with Gasteiger partial charge in [0.25, 0.3) is 0 Å². The molecular weight excluding hydrogens is 260 g/mol. The molecule has 0 saturated carbocycles. The fraction of sp³-hybridized carbons (Fsp3) is 0.857. The van der Waals surface area contributed by atoms with E-state index in [2.05, 4.69) is 12.2 Å². The zero-order chi connectivity index (χ0) is 15.0. The van der Waals surface area contributed by atoms with Crippen LogP contribution in [0.15, 0.2) is 0 Å². The second-order valence-corrected chi connectivity index (χ2v) is 5.40. The van der Waals surface area contributed by atoms with Gasteiger partial charge in [0.15, 0.2) is 0 Å². The van der Waals surface area contributed by atoms with Gasteiger partial charge < -0.3 is 20.4 Å². The van der Waals surface area contributed by atoms with E-state index in [1.54, 1.807) is 0 Å². The molecule has 1 saturated heterocycles. The molecule has 1 fully saturated rings. The Balaban J connectivity index is 2.20. The molecule has 1 rings (SSSR count). The van der Waals surface area contributed by atoms with Gasteiger partial charge in [0.05, 0.1) is 6.10 Å². The molecular formula is C14H26N2O4. The number of likely N-dealkylation sites (tertiary alicyclic amines) is 1. The minimum Gasteiger partial charge on any atom is -0.480 e. The normalized spacial score (nSPS) is 22.0. The van der Waals surface area contributed by atoms with Gasteiger partial charge in [-0.05, 0) is 6.42 Å². The number of urea groups is 1. The molecule has 3 N–H and O–H groups in total. The molecule has 0 aliphatic carbocycles. The average Bonchev–Trinajstić information content (AvgIpc) is 2.80. The van der Waals surface area contributed by atoms with Crippen molar-refractivity contribution in [1.82, 2.24) is 10.2 Å². The number of carboxylic acid groups (broad SMARTS) is 1. The van der Waals surface area contributed by atoms with Gasteiger partial charge in [-0.1, -0.05) is 39.0 Å². The van der Waals surface area contributed by atoms with Crippen LogP contribution in [0.1, 0.15) is 51.9 Å². The van der Waals surface area contributed by atoms with Crippen LogP contribution in [0, 0.1) is 0 Å². The SMILES string of the molecule is CCCCCCCCNC(=O)N1CC(O)C[C@H]1C(=O)O. The number of nitrogens with one attached hydrogen (secondary N) is 1. The smallest absolute Gasteiger partial charge is 0.326 e. The third-order valence-electron chi connectivity index (χ3n) is 3.63. The number of rotatable bonds is 8. The molecule has 0 aromatic carbocycles. The maximum atomic E-state index is 11.9. The highest BCUT2D eigenvalue weighted by Crippen LogP contribution is 2.18. The highest BCUT2D eigenvalue weighted by molar-refractivity contribution is 5.83. The summed E-state index contributed by atoms with van der Waals surface area (Å²) in [7, 11) is 0. The largest absolute Gasteiger partial charge is 0.480 e. The van der Waals surface area contributed by atoms with E-state index in [1.807, 2.05) is 0 Å². The lowest BCUT2D eigenvalue weighted by Gasteiger charge is -2.21. The molecule has 20 heavy (non-hydrogen) atoms. The van der Waals surface area contributed by atoms with Gasteiger partial charge in [0.1, 0.15) is 6.04 Å². The van der Waals surface area contributed by atoms with Crippen molar-refractivity contribution in [3.63, 3.8) is 0 Å². The predicted octanol–water partition coefficient (Wildman–Crippen LogP) is 1.58. The van der Waals surface area contributed by atoms with Crippen LogP contribution < -0.4 is 5.32 Å². The Hall–Kier alpha value is -1.30. The molecule has 0 aromatic heterocycles. The van der Waals surface area contributed by atoms with Crippen LogP contribution in [0.5, 0.6) is 0 Å². The quantitative estimate of drug-likeness (QED) is 0.591. The summed E-state index contributed by atoms with van der Waals surface area (Å²) in [6.07, 6.45) is 6.21. The second kappa shape index (κ2) is 8.79. The Morgan fingerprint density at radius 2 is 1.85 bits per heavy atom. The predicted molar refractivity (Wildman–Crippen MR) is 75.5 cm³/mol. The van der Waals surface area contributed by atoms with E-state index >= 15 is 0 Å². The van der Waals surface area contributed by atoms with Gasteiger partial charge in [0.2, 0.25) is 0 Å². The molecule has 1 aliphatic rings. The Bertz CT molecular complexity index is 322. The van der Waals surface area contributed by atoms with Gasteiger partial charge >= 0.3 is 12.0 Å². The first-order chi connectivity index (χ1) is 9.56. The highest BCUT2D eigenvalue weighted by Gasteiger charge is 2.38. The van der Waals surface area contributed by atoms with Crippen LogP contribution in [-0.4, -0.2) is 52.3 Å². The molecule has 0 radical (unpaired) electrons. The molecule has 116 valence electrons. The van der Waals surface area contributed by atoms with E-state index in [1.165, 1.54) is 30.6 Å². The summed E-state index contributed by atoms with van der Waals surface area (Å²) < 4.78 is 0. The number of amides is 2. The lowest BCUT2D eigenvalue weighted by atomic mass is 10.1. The number of hydrogen-bond acceptors (Lipinski definition) is 3. The number of aliphatic carboxylic acids is 1. The summed E-state index contributed by atoms with van der Waals surface area (Å²) in [5.41, 5.74) is 0. The van der Waals surface area contributed by atoms with E-state index in [0.29, 0.717) is 6.54 Å². The molecule has 2 amide bonds. The third-order valence-corrected chi connectivity index (χ3v) is 3.63. The van der Waals surface area contributed by atoms with Crippen molar-refractivity contribution in [1.29, 1.82) is 0 Å². The maximum Gasteiger partial charge on any atom is 0.326 e. The number of unbranched alkanes of at least 4 members (excludes halogenated alkanes) is 5. The van der Waals surface area contributed by atoms with Crippen LogP contribution in [0.25, 0.3) is 0 Å². The van der Waals surface area contributed by atoms with Crippen molar-refractivity contribution in [3.05, 3.63) is 0 Å². The van der Waals surface area contributed by atoms with Crippen LogP contribution >= 0.6 is 0 Å². The van der Waals surface area contributed by atoms with E-state index < -0.39 is 18.1 Å². The van der Waals surface area contributed by atoms with Crippen molar-refractivity contribution in [2.45, 2.75) is 64.0 Å². The summed E-state index contributed by atoms with van der Waals surface area (Å²) in [4.78, 5) is 24.1. The summed E-state index contributed by atoms with van der Waals surface area (Å²) in [5.74, 6) is -1.06. The molecule has 6 nitrogen and oxygen atoms in total. The standard InChI is InChI=1S/C14H26N2O4/c1-2-3-4-5-6-7-8-15-14(20)16-10-11(17)9-12(16)13(18)19/h11-12,17H,2-10H2,1H3,(H,15,20)(H,18,19)/t11?,12-/m0/s1. The number of β-amino-alcohol motifs (C(OH)–C–C–N with tert-alkyl or cyclic N) is 1. The summed E-state index contributed by atoms with van der Waals surface area (Å²) in [6.45, 7) is 2.83. The zero-order valence-electron chi connectivity index (χ0n) is 12.2. The van der Waals surface area contributed by atoms with E-state index in [0.717, 1.165) is 12.8 Å². The first-order valence-corrected chi connectivity index (χ1v) is 7.51. The molecule has 1 aliphatic heterocycles. The fourth-order valence-corrected chi connectivity index (χ4v) is 2.47. The lowest BCUT2D eigenvalue weighted by molar-refractivity contribution is -0.141. The van der Waals surface area contributed by atoms with Gasteiger partial charge in [0, 0.05) is 19.5 Å². The molecule has 0 spiro atoms. The molecule has 0 bridgehead atoms. The van der Waals surface area contributed by atoms with Crippen molar-refractivity contribution in [3.8, 4) is 0 Å². The van der Waals surface area contributed by atoms with E-state index in [9.17, 15) is 14.7 Å². The van der Waals surface area contributed by atoms with Gasteiger partial charge in [-0.3, -0.25) is 0 Å². The highest BCUT2D eigenvalue weighted by atomic mass is 16.4.